The van der Waals surface area contributed by atoms with Crippen LogP contribution in [0.3, 0.4) is 0 Å². The van der Waals surface area contributed by atoms with E-state index in [-0.39, 0.29) is 62.3 Å². The van der Waals surface area contributed by atoms with E-state index in [2.05, 4.69) is 15.0 Å². The predicted octanol–water partition coefficient (Wildman–Crippen LogP) is 2.41. The molecule has 246 valence electrons. The first-order chi connectivity index (χ1) is 20.2. The first-order valence-corrected chi connectivity index (χ1v) is 16.1. The maximum Gasteiger partial charge on any atom is 0.408 e. The molecule has 3 amide bonds. The molecule has 0 bridgehead atoms. The van der Waals surface area contributed by atoms with Crippen LogP contribution >= 0.6 is 0 Å². The van der Waals surface area contributed by atoms with Gasteiger partial charge < -0.3 is 35.4 Å². The number of carboxylic acid groups (broad SMARTS) is 1. The zero-order chi connectivity index (χ0) is 33.2. The molecule has 1 aromatic rings. The van der Waals surface area contributed by atoms with Crippen molar-refractivity contribution in [3.05, 3.63) is 22.3 Å². The molecule has 0 aliphatic carbocycles. The van der Waals surface area contributed by atoms with Crippen molar-refractivity contribution in [3.63, 3.8) is 0 Å². The van der Waals surface area contributed by atoms with Gasteiger partial charge in [0, 0.05) is 44.7 Å². The van der Waals surface area contributed by atoms with Crippen molar-refractivity contribution < 1.29 is 37.4 Å². The van der Waals surface area contributed by atoms with Gasteiger partial charge in [-0.2, -0.15) is 0 Å². The van der Waals surface area contributed by atoms with E-state index in [9.17, 15) is 27.9 Å². The molecule has 2 aliphatic rings. The molecule has 0 unspecified atom stereocenters. The number of alkyl carbamates (subject to hydrolysis) is 1. The fraction of sp³-hybridized carbons (Fsp3) is 0.655. The van der Waals surface area contributed by atoms with Gasteiger partial charge in [-0.1, -0.05) is 0 Å². The van der Waals surface area contributed by atoms with Crippen molar-refractivity contribution in [2.45, 2.75) is 96.8 Å². The first kappa shape index (κ1) is 34.7. The monoisotopic (exact) mass is 638 g/mol. The van der Waals surface area contributed by atoms with Crippen molar-refractivity contribution in [1.29, 1.82) is 0 Å². The highest BCUT2D eigenvalue weighted by Crippen LogP contribution is 2.43. The van der Waals surface area contributed by atoms with Gasteiger partial charge in [-0.15, -0.1) is 0 Å². The molecule has 14 nitrogen and oxygen atoms in total. The van der Waals surface area contributed by atoms with E-state index in [1.54, 1.807) is 34.6 Å². The molecule has 15 heteroatoms. The van der Waals surface area contributed by atoms with Crippen LogP contribution in [-0.2, 0) is 26.0 Å². The molecule has 1 aromatic carbocycles. The lowest BCUT2D eigenvalue weighted by Gasteiger charge is -2.35. The number of sulfonamides is 1. The number of hydrogen-bond acceptors (Lipinski definition) is 8. The zero-order valence-corrected chi connectivity index (χ0v) is 27.7. The molecule has 44 heavy (non-hydrogen) atoms. The van der Waals surface area contributed by atoms with Crippen LogP contribution in [0.5, 0.6) is 5.75 Å². The predicted molar refractivity (Wildman–Crippen MR) is 164 cm³/mol. The zero-order valence-electron chi connectivity index (χ0n) is 26.9. The van der Waals surface area contributed by atoms with Crippen molar-refractivity contribution in [2.75, 3.05) is 32.7 Å². The molecule has 0 spiro atoms. The molecule has 2 heterocycles. The summed E-state index contributed by atoms with van der Waals surface area (Å²) in [6.07, 6.45) is -0.792. The highest BCUT2D eigenvalue weighted by Gasteiger charge is 2.37. The summed E-state index contributed by atoms with van der Waals surface area (Å²) >= 11 is 0. The Hall–Kier alpha value is -3.75. The summed E-state index contributed by atoms with van der Waals surface area (Å²) in [5, 5.41) is 11.8. The van der Waals surface area contributed by atoms with Crippen molar-refractivity contribution in [3.8, 4) is 5.75 Å². The van der Waals surface area contributed by atoms with E-state index >= 15 is 0 Å². The second kappa shape index (κ2) is 13.1. The van der Waals surface area contributed by atoms with E-state index in [1.807, 2.05) is 20.8 Å². The Kier molecular flexibility index (Phi) is 10.3. The quantitative estimate of drug-likeness (QED) is 0.188. The lowest BCUT2D eigenvalue weighted by Crippen LogP contribution is -2.56. The Bertz CT molecular complexity index is 1430. The minimum absolute atomic E-state index is 0.0735. The van der Waals surface area contributed by atoms with Crippen LogP contribution in [0, 0.1) is 20.8 Å². The minimum Gasteiger partial charge on any atom is -0.487 e. The Balaban J connectivity index is 1.68. The summed E-state index contributed by atoms with van der Waals surface area (Å²) in [5.74, 6) is 0.0494. The maximum absolute atomic E-state index is 13.4. The Morgan fingerprint density at radius 2 is 1.66 bits per heavy atom. The average molecular weight is 639 g/mol. The lowest BCUT2D eigenvalue weighted by atomic mass is 9.94. The number of carbonyl (C=O) groups excluding carboxylic acids is 2. The van der Waals surface area contributed by atoms with Gasteiger partial charge in [0.2, 0.25) is 11.9 Å². The number of piperazine rings is 1. The Morgan fingerprint density at radius 1 is 1.07 bits per heavy atom. The van der Waals surface area contributed by atoms with Crippen LogP contribution in [0.4, 0.5) is 9.59 Å². The van der Waals surface area contributed by atoms with Gasteiger partial charge in [-0.3, -0.25) is 9.79 Å². The van der Waals surface area contributed by atoms with Gasteiger partial charge in [0.05, 0.1) is 4.90 Å². The van der Waals surface area contributed by atoms with Gasteiger partial charge in [-0.05, 0) is 84.9 Å². The molecule has 0 aromatic heterocycles. The molecule has 1 atom stereocenters. The number of amides is 3. The highest BCUT2D eigenvalue weighted by molar-refractivity contribution is 7.90. The number of ether oxygens (including phenoxy) is 2. The summed E-state index contributed by atoms with van der Waals surface area (Å²) in [7, 11) is -4.07. The van der Waals surface area contributed by atoms with Crippen LogP contribution in [-0.4, -0.2) is 97.3 Å². The number of nitrogens with one attached hydrogen (secondary N) is 2. The third kappa shape index (κ3) is 8.45. The number of guanidine groups is 1. The van der Waals surface area contributed by atoms with Gasteiger partial charge in [0.1, 0.15) is 23.0 Å². The standard InChI is InChI=1S/C29H46N6O8S/c1-17-18(2)23(19(3)20-16-29(7,8)42-22(17)20)44(40,41)33-25(30)31-11-9-10-21(32-26(37)43-28(4,5)6)24(36)34-12-14-35(15-13-34)27(38)39/h21H,9-16H2,1-8H3,(H,32,37)(H,38,39)(H3,30,31,33)/t21-/m0/s1. The van der Waals surface area contributed by atoms with Crippen LogP contribution in [0.25, 0.3) is 0 Å². The first-order valence-electron chi connectivity index (χ1n) is 14.6. The normalized spacial score (nSPS) is 17.4. The Morgan fingerprint density at radius 3 is 2.23 bits per heavy atom. The number of carbonyl (C=O) groups is 3. The van der Waals surface area contributed by atoms with E-state index in [1.165, 1.54) is 9.80 Å². The topological polar surface area (TPSA) is 193 Å². The number of nitrogens with two attached hydrogens (primary N) is 1. The smallest absolute Gasteiger partial charge is 0.408 e. The second-order valence-electron chi connectivity index (χ2n) is 12.9. The summed E-state index contributed by atoms with van der Waals surface area (Å²) in [4.78, 5) is 44.0. The van der Waals surface area contributed by atoms with Crippen molar-refractivity contribution in [1.82, 2.24) is 19.8 Å². The van der Waals surface area contributed by atoms with Crippen LogP contribution in [0.2, 0.25) is 0 Å². The van der Waals surface area contributed by atoms with Gasteiger partial charge >= 0.3 is 12.2 Å². The van der Waals surface area contributed by atoms with E-state index in [4.69, 9.17) is 15.2 Å². The molecule has 1 fully saturated rings. The summed E-state index contributed by atoms with van der Waals surface area (Å²) in [6, 6.07) is -0.958. The third-order valence-electron chi connectivity index (χ3n) is 7.58. The highest BCUT2D eigenvalue weighted by atomic mass is 32.2. The fourth-order valence-electron chi connectivity index (χ4n) is 5.41. The van der Waals surface area contributed by atoms with E-state index in [0.717, 1.165) is 16.9 Å². The van der Waals surface area contributed by atoms with Crippen LogP contribution < -0.4 is 20.5 Å². The third-order valence-corrected chi connectivity index (χ3v) is 9.21. The number of nitrogens with zero attached hydrogens (tertiary/aromatic N) is 3. The summed E-state index contributed by atoms with van der Waals surface area (Å²) in [5.41, 5.74) is 7.55. The lowest BCUT2D eigenvalue weighted by molar-refractivity contribution is -0.135. The minimum atomic E-state index is -4.07. The fourth-order valence-corrected chi connectivity index (χ4v) is 6.93. The number of benzene rings is 1. The molecule has 5 N–H and O–H groups in total. The number of hydrogen-bond donors (Lipinski definition) is 4. The molecule has 3 rings (SSSR count). The SMILES string of the molecule is Cc1c(C)c(S(=O)(=O)NC(N)=NCCC[C@H](NC(=O)OC(C)(C)C)C(=O)N2CCN(C(=O)O)CC2)c(C)c2c1OC(C)(C)C2. The molecule has 1 saturated heterocycles. The van der Waals surface area contributed by atoms with E-state index in [0.29, 0.717) is 17.5 Å². The molecule has 0 saturated carbocycles. The van der Waals surface area contributed by atoms with Gasteiger partial charge in [0.15, 0.2) is 0 Å². The number of aliphatic imine (C=N–C) groups is 1. The Labute approximate surface area is 259 Å². The van der Waals surface area contributed by atoms with E-state index < -0.39 is 39.5 Å². The summed E-state index contributed by atoms with van der Waals surface area (Å²) < 4.78 is 40.7. The van der Waals surface area contributed by atoms with Crippen molar-refractivity contribution in [2.24, 2.45) is 10.7 Å². The van der Waals surface area contributed by atoms with Crippen LogP contribution in [0.15, 0.2) is 9.89 Å². The molecule has 0 radical (unpaired) electrons. The molecular weight excluding hydrogens is 592 g/mol. The second-order valence-corrected chi connectivity index (χ2v) is 14.5. The average Bonchev–Trinajstić information content (AvgIpc) is 3.23. The van der Waals surface area contributed by atoms with Crippen LogP contribution in [0.1, 0.15) is 69.7 Å². The molecular formula is C29H46N6O8S. The van der Waals surface area contributed by atoms with Gasteiger partial charge in [-0.25, -0.2) is 22.7 Å². The number of fused-ring (bicyclic) bond motifs is 1. The molecule has 2 aliphatic heterocycles. The summed E-state index contributed by atoms with van der Waals surface area (Å²) in [6.45, 7) is 15.1. The number of rotatable bonds is 8. The maximum atomic E-state index is 13.4. The van der Waals surface area contributed by atoms with Crippen molar-refractivity contribution >= 4 is 34.1 Å². The van der Waals surface area contributed by atoms with Gasteiger partial charge in [0.25, 0.3) is 10.0 Å². The largest absolute Gasteiger partial charge is 0.487 e.